The van der Waals surface area contributed by atoms with Gasteiger partial charge < -0.3 is 10.1 Å². The van der Waals surface area contributed by atoms with Crippen molar-refractivity contribution < 1.29 is 9.53 Å². The molecule has 6 nitrogen and oxygen atoms in total. The van der Waals surface area contributed by atoms with Crippen molar-refractivity contribution in [3.63, 3.8) is 0 Å². The average molecular weight is 200 g/mol. The highest BCUT2D eigenvalue weighted by molar-refractivity contribution is 6.27. The largest absolute Gasteiger partial charge is 0.383 e. The van der Waals surface area contributed by atoms with Crippen LogP contribution in [0.2, 0.25) is 0 Å². The van der Waals surface area contributed by atoms with Crippen LogP contribution in [0.1, 0.15) is 0 Å². The maximum Gasteiger partial charge on any atom is 0.262 e. The summed E-state index contributed by atoms with van der Waals surface area (Å²) in [7, 11) is 3.18. The summed E-state index contributed by atoms with van der Waals surface area (Å²) in [5, 5.41) is 5.39. The molecule has 0 radical (unpaired) electrons. The molecule has 6 heteroatoms. The first-order valence-electron chi connectivity index (χ1n) is 4.24. The van der Waals surface area contributed by atoms with E-state index in [4.69, 9.17) is 4.74 Å². The number of carbonyl (C=O) groups excluding carboxylic acids is 1. The van der Waals surface area contributed by atoms with E-state index < -0.39 is 0 Å². The van der Waals surface area contributed by atoms with E-state index in [0.29, 0.717) is 13.3 Å². The summed E-state index contributed by atoms with van der Waals surface area (Å²) in [5.41, 5.74) is 0. The van der Waals surface area contributed by atoms with Gasteiger partial charge >= 0.3 is 0 Å². The number of carbonyl (C=O) groups is 1. The molecule has 0 saturated carbocycles. The van der Waals surface area contributed by atoms with Crippen molar-refractivity contribution in [2.75, 3.05) is 34.0 Å². The van der Waals surface area contributed by atoms with E-state index in [0.717, 1.165) is 6.54 Å². The van der Waals surface area contributed by atoms with Crippen LogP contribution >= 0.6 is 0 Å². The van der Waals surface area contributed by atoms with Gasteiger partial charge in [-0.15, -0.1) is 0 Å². The van der Waals surface area contributed by atoms with Gasteiger partial charge in [0.1, 0.15) is 6.34 Å². The second-order valence-electron chi connectivity index (χ2n) is 2.34. The monoisotopic (exact) mass is 200 g/mol. The van der Waals surface area contributed by atoms with E-state index in [9.17, 15) is 4.79 Å². The Balaban J connectivity index is 3.35. The molecule has 80 valence electrons. The fourth-order valence-electron chi connectivity index (χ4n) is 0.571. The third kappa shape index (κ3) is 8.82. The van der Waals surface area contributed by atoms with E-state index in [2.05, 4.69) is 20.6 Å². The highest BCUT2D eigenvalue weighted by Gasteiger charge is 1.85. The molecule has 2 N–H and O–H groups in total. The first-order chi connectivity index (χ1) is 6.81. The number of nitrogens with one attached hydrogen (secondary N) is 2. The molecule has 0 aromatic rings. The summed E-state index contributed by atoms with van der Waals surface area (Å²) in [6.45, 7) is 1.86. The molecule has 0 fully saturated rings. The normalized spacial score (nSPS) is 11.3. The smallest absolute Gasteiger partial charge is 0.262 e. The third-order valence-electron chi connectivity index (χ3n) is 1.27. The van der Waals surface area contributed by atoms with Crippen molar-refractivity contribution in [1.82, 2.24) is 10.6 Å². The Hall–Kier alpha value is -1.27. The number of hydrogen-bond donors (Lipinski definition) is 2. The average Bonchev–Trinajstić information content (AvgIpc) is 2.21. The van der Waals surface area contributed by atoms with Crippen LogP contribution in [0.15, 0.2) is 9.98 Å². The van der Waals surface area contributed by atoms with Crippen LogP contribution in [0.25, 0.3) is 0 Å². The number of hydrogen-bond acceptors (Lipinski definition) is 4. The quantitative estimate of drug-likeness (QED) is 0.315. The van der Waals surface area contributed by atoms with Gasteiger partial charge in [0, 0.05) is 20.7 Å². The van der Waals surface area contributed by atoms with Crippen LogP contribution in [0, 0.1) is 0 Å². The van der Waals surface area contributed by atoms with Crippen LogP contribution in [-0.2, 0) is 9.53 Å². The maximum atomic E-state index is 10.6. The fourth-order valence-corrected chi connectivity index (χ4v) is 0.571. The number of nitrogens with zero attached hydrogens (tertiary/aromatic N) is 2. The molecule has 0 aliphatic carbocycles. The van der Waals surface area contributed by atoms with Crippen molar-refractivity contribution in [3.05, 3.63) is 0 Å². The molecule has 0 spiro atoms. The number of rotatable bonds is 7. The first kappa shape index (κ1) is 12.7. The summed E-state index contributed by atoms with van der Waals surface area (Å²) in [5.74, 6) is -0.246. The molecular weight excluding hydrogens is 184 g/mol. The SMILES string of the molecule is CNC(=O)/C=N/C=N\CNCCOC. The predicted octanol–water partition coefficient (Wildman–Crippen LogP) is -0.975. The molecule has 0 unspecified atom stereocenters. The Morgan fingerprint density at radius 1 is 1.57 bits per heavy atom. The van der Waals surface area contributed by atoms with Gasteiger partial charge in [-0.05, 0) is 0 Å². The van der Waals surface area contributed by atoms with E-state index in [1.54, 1.807) is 7.11 Å². The standard InChI is InChI=1S/C8H16N4O2/c1-9-8(13)5-11-7-12-6-10-3-4-14-2/h5,7,10H,3-4,6H2,1-2H3,(H,9,13)/b11-5+,12-7-. The van der Waals surface area contributed by atoms with Gasteiger partial charge in [-0.3, -0.25) is 15.1 Å². The molecule has 0 aromatic heterocycles. The van der Waals surface area contributed by atoms with Gasteiger partial charge in [-0.2, -0.15) is 0 Å². The third-order valence-corrected chi connectivity index (χ3v) is 1.27. The lowest BCUT2D eigenvalue weighted by Gasteiger charge is -1.97. The van der Waals surface area contributed by atoms with Gasteiger partial charge in [0.25, 0.3) is 5.91 Å². The number of methoxy groups -OCH3 is 1. The fraction of sp³-hybridized carbons (Fsp3) is 0.625. The van der Waals surface area contributed by atoms with Crippen LogP contribution in [0.3, 0.4) is 0 Å². The summed E-state index contributed by atoms with van der Waals surface area (Å²) >= 11 is 0. The lowest BCUT2D eigenvalue weighted by molar-refractivity contribution is -0.113. The minimum atomic E-state index is -0.246. The van der Waals surface area contributed by atoms with Gasteiger partial charge in [0.05, 0.1) is 19.5 Å². The van der Waals surface area contributed by atoms with Gasteiger partial charge in [-0.1, -0.05) is 0 Å². The van der Waals surface area contributed by atoms with Crippen molar-refractivity contribution in [3.8, 4) is 0 Å². The van der Waals surface area contributed by atoms with Crippen molar-refractivity contribution in [1.29, 1.82) is 0 Å². The predicted molar refractivity (Wildman–Crippen MR) is 55.8 cm³/mol. The van der Waals surface area contributed by atoms with E-state index in [1.807, 2.05) is 0 Å². The first-order valence-corrected chi connectivity index (χ1v) is 4.24. The molecule has 0 rings (SSSR count). The zero-order valence-electron chi connectivity index (χ0n) is 8.49. The minimum Gasteiger partial charge on any atom is -0.383 e. The van der Waals surface area contributed by atoms with E-state index in [1.165, 1.54) is 19.6 Å². The molecule has 0 bridgehead atoms. The molecule has 0 heterocycles. The van der Waals surface area contributed by atoms with Gasteiger partial charge in [-0.25, -0.2) is 4.99 Å². The van der Waals surface area contributed by atoms with Gasteiger partial charge in [0.2, 0.25) is 0 Å². The van der Waals surface area contributed by atoms with Crippen molar-refractivity contribution in [2.24, 2.45) is 9.98 Å². The molecule has 0 aliphatic heterocycles. The highest BCUT2D eigenvalue weighted by Crippen LogP contribution is 1.67. The molecule has 1 amide bonds. The Kier molecular flexibility index (Phi) is 8.92. The van der Waals surface area contributed by atoms with Crippen LogP contribution in [0.5, 0.6) is 0 Å². The molecule has 0 saturated heterocycles. The molecule has 0 atom stereocenters. The van der Waals surface area contributed by atoms with Crippen LogP contribution in [0.4, 0.5) is 0 Å². The minimum absolute atomic E-state index is 0.246. The molecule has 0 aliphatic rings. The summed E-state index contributed by atoms with van der Waals surface area (Å²) < 4.78 is 4.82. The number of ether oxygens (including phenoxy) is 1. The summed E-state index contributed by atoms with van der Waals surface area (Å²) in [4.78, 5) is 18.2. The highest BCUT2D eigenvalue weighted by atomic mass is 16.5. The molecule has 0 aromatic carbocycles. The van der Waals surface area contributed by atoms with Crippen molar-refractivity contribution in [2.45, 2.75) is 0 Å². The van der Waals surface area contributed by atoms with Crippen molar-refractivity contribution >= 4 is 18.5 Å². The second kappa shape index (κ2) is 9.82. The topological polar surface area (TPSA) is 75.1 Å². The molecular formula is C8H16N4O2. The van der Waals surface area contributed by atoms with Crippen LogP contribution in [-0.4, -0.2) is 52.4 Å². The van der Waals surface area contributed by atoms with E-state index in [-0.39, 0.29) is 5.91 Å². The van der Waals surface area contributed by atoms with Crippen LogP contribution < -0.4 is 10.6 Å². The zero-order valence-corrected chi connectivity index (χ0v) is 8.49. The molecule has 14 heavy (non-hydrogen) atoms. The van der Waals surface area contributed by atoms with Gasteiger partial charge in [0.15, 0.2) is 0 Å². The Labute approximate surface area is 83.5 Å². The summed E-state index contributed by atoms with van der Waals surface area (Å²) in [6, 6.07) is 0. The Bertz CT molecular complexity index is 204. The lowest BCUT2D eigenvalue weighted by Crippen LogP contribution is -2.19. The maximum absolute atomic E-state index is 10.6. The number of aliphatic imine (C=N–C) groups is 2. The second-order valence-corrected chi connectivity index (χ2v) is 2.34. The zero-order chi connectivity index (χ0) is 10.6. The lowest BCUT2D eigenvalue weighted by atomic mass is 10.7. The summed E-state index contributed by atoms with van der Waals surface area (Å²) in [6.07, 6.45) is 2.49. The Morgan fingerprint density at radius 3 is 3.00 bits per heavy atom. The number of amides is 1. The Morgan fingerprint density at radius 2 is 2.36 bits per heavy atom. The van der Waals surface area contributed by atoms with E-state index >= 15 is 0 Å².